The number of aryl methyl sites for hydroxylation is 1. The topological polar surface area (TPSA) is 70.2 Å². The summed E-state index contributed by atoms with van der Waals surface area (Å²) in [5, 5.41) is 7.98. The van der Waals surface area contributed by atoms with Gasteiger partial charge in [-0.3, -0.25) is 15.4 Å². The molecule has 2 aromatic rings. The molecule has 24 heavy (non-hydrogen) atoms. The Morgan fingerprint density at radius 3 is 2.08 bits per heavy atom. The summed E-state index contributed by atoms with van der Waals surface area (Å²) in [6.07, 6.45) is 0. The molecule has 0 spiro atoms. The first kappa shape index (κ1) is 17.7. The van der Waals surface area contributed by atoms with Gasteiger partial charge in [-0.25, -0.2) is 4.79 Å². The number of benzene rings is 2. The molecular weight excluding hydrogens is 302 g/mol. The fourth-order valence-electron chi connectivity index (χ4n) is 2.40. The molecule has 0 aliphatic heterocycles. The van der Waals surface area contributed by atoms with Crippen LogP contribution in [-0.2, 0) is 4.79 Å². The van der Waals surface area contributed by atoms with Crippen molar-refractivity contribution in [3.05, 3.63) is 71.3 Å². The maximum Gasteiger partial charge on any atom is 0.321 e. The second-order valence-corrected chi connectivity index (χ2v) is 5.71. The Labute approximate surface area is 142 Å². The molecule has 2 aromatic carbocycles. The van der Waals surface area contributed by atoms with E-state index >= 15 is 0 Å². The van der Waals surface area contributed by atoms with E-state index in [1.807, 2.05) is 61.5 Å². The van der Waals surface area contributed by atoms with Gasteiger partial charge in [-0.2, -0.15) is 0 Å². The molecule has 126 valence electrons. The number of urea groups is 1. The first-order chi connectivity index (χ1) is 11.5. The summed E-state index contributed by atoms with van der Waals surface area (Å²) in [5.41, 5.74) is 3.29. The highest BCUT2D eigenvalue weighted by Crippen LogP contribution is 2.23. The van der Waals surface area contributed by atoms with Gasteiger partial charge >= 0.3 is 6.03 Å². The van der Waals surface area contributed by atoms with E-state index in [1.165, 1.54) is 12.6 Å². The van der Waals surface area contributed by atoms with Crippen molar-refractivity contribution in [1.82, 2.24) is 16.0 Å². The molecule has 5 heteroatoms. The van der Waals surface area contributed by atoms with Crippen LogP contribution in [0.5, 0.6) is 0 Å². The molecule has 0 heterocycles. The van der Waals surface area contributed by atoms with Crippen LogP contribution in [0.1, 0.15) is 29.7 Å². The standard InChI is InChI=1S/C19H23N3O2/c1-13-9-11-16(12-10-13)17(15-7-5-4-6-8-15)21-14(2)18(23)22-19(24)20-3/h4-12,14,17,21H,1-3H3,(H2,20,22,23,24)/t14-,17-/m1/s1. The van der Waals surface area contributed by atoms with Crippen LogP contribution in [0.3, 0.4) is 0 Å². The number of imide groups is 1. The molecule has 0 aliphatic rings. The maximum atomic E-state index is 12.1. The van der Waals surface area contributed by atoms with Gasteiger partial charge in [-0.1, -0.05) is 60.2 Å². The Bertz CT molecular complexity index is 684. The fraction of sp³-hybridized carbons (Fsp3) is 0.263. The Kier molecular flexibility index (Phi) is 6.09. The van der Waals surface area contributed by atoms with E-state index in [2.05, 4.69) is 16.0 Å². The minimum absolute atomic E-state index is 0.141. The number of nitrogens with one attached hydrogen (secondary N) is 3. The van der Waals surface area contributed by atoms with E-state index in [0.29, 0.717) is 0 Å². The number of carbonyl (C=O) groups excluding carboxylic acids is 2. The Hall–Kier alpha value is -2.66. The van der Waals surface area contributed by atoms with Gasteiger partial charge in [0.15, 0.2) is 0 Å². The molecule has 3 N–H and O–H groups in total. The van der Waals surface area contributed by atoms with Gasteiger partial charge in [0, 0.05) is 7.05 Å². The van der Waals surface area contributed by atoms with E-state index in [1.54, 1.807) is 6.92 Å². The lowest BCUT2D eigenvalue weighted by atomic mass is 9.97. The number of rotatable bonds is 5. The first-order valence-corrected chi connectivity index (χ1v) is 7.91. The van der Waals surface area contributed by atoms with Gasteiger partial charge < -0.3 is 5.32 Å². The maximum absolute atomic E-state index is 12.1. The van der Waals surface area contributed by atoms with Crippen molar-refractivity contribution in [2.75, 3.05) is 7.05 Å². The van der Waals surface area contributed by atoms with Crippen LogP contribution >= 0.6 is 0 Å². The summed E-state index contributed by atoms with van der Waals surface area (Å²) in [7, 11) is 1.47. The third-order valence-electron chi connectivity index (χ3n) is 3.82. The third kappa shape index (κ3) is 4.67. The predicted molar refractivity (Wildman–Crippen MR) is 94.7 cm³/mol. The van der Waals surface area contributed by atoms with Gasteiger partial charge in [0.2, 0.25) is 5.91 Å². The van der Waals surface area contributed by atoms with Crippen LogP contribution in [0.15, 0.2) is 54.6 Å². The highest BCUT2D eigenvalue weighted by molar-refractivity contribution is 5.96. The van der Waals surface area contributed by atoms with Gasteiger partial charge in [0.1, 0.15) is 0 Å². The molecule has 0 fully saturated rings. The van der Waals surface area contributed by atoms with Crippen molar-refractivity contribution in [3.8, 4) is 0 Å². The van der Waals surface area contributed by atoms with Gasteiger partial charge in [-0.05, 0) is 25.0 Å². The average Bonchev–Trinajstić information content (AvgIpc) is 2.61. The molecule has 0 saturated heterocycles. The highest BCUT2D eigenvalue weighted by Gasteiger charge is 2.21. The second-order valence-electron chi connectivity index (χ2n) is 5.71. The lowest BCUT2D eigenvalue weighted by molar-refractivity contribution is -0.121. The third-order valence-corrected chi connectivity index (χ3v) is 3.82. The van der Waals surface area contributed by atoms with Gasteiger partial charge in [-0.15, -0.1) is 0 Å². The first-order valence-electron chi connectivity index (χ1n) is 7.91. The zero-order valence-corrected chi connectivity index (χ0v) is 14.2. The van der Waals surface area contributed by atoms with Crippen LogP contribution in [0.2, 0.25) is 0 Å². The summed E-state index contributed by atoms with van der Waals surface area (Å²) < 4.78 is 0. The summed E-state index contributed by atoms with van der Waals surface area (Å²) in [6, 6.07) is 16.9. The minimum Gasteiger partial charge on any atom is -0.341 e. The van der Waals surface area contributed by atoms with Crippen LogP contribution < -0.4 is 16.0 Å². The zero-order chi connectivity index (χ0) is 17.5. The van der Waals surface area contributed by atoms with E-state index < -0.39 is 12.1 Å². The van der Waals surface area contributed by atoms with E-state index in [9.17, 15) is 9.59 Å². The van der Waals surface area contributed by atoms with Crippen molar-refractivity contribution < 1.29 is 9.59 Å². The van der Waals surface area contributed by atoms with Crippen molar-refractivity contribution in [1.29, 1.82) is 0 Å². The minimum atomic E-state index is -0.534. The number of hydrogen-bond donors (Lipinski definition) is 3. The van der Waals surface area contributed by atoms with Gasteiger partial charge in [0.25, 0.3) is 0 Å². The highest BCUT2D eigenvalue weighted by atomic mass is 16.2. The van der Waals surface area contributed by atoms with Crippen molar-refractivity contribution >= 4 is 11.9 Å². The SMILES string of the molecule is CNC(=O)NC(=O)[C@@H](C)N[C@H](c1ccccc1)c1ccc(C)cc1. The molecule has 0 bridgehead atoms. The molecular formula is C19H23N3O2. The molecule has 2 atom stereocenters. The summed E-state index contributed by atoms with van der Waals surface area (Å²) in [4.78, 5) is 23.4. The number of carbonyl (C=O) groups is 2. The smallest absolute Gasteiger partial charge is 0.321 e. The average molecular weight is 325 g/mol. The van der Waals surface area contributed by atoms with Crippen LogP contribution in [0, 0.1) is 6.92 Å². The van der Waals surface area contributed by atoms with Crippen molar-refractivity contribution in [2.45, 2.75) is 25.9 Å². The molecule has 5 nitrogen and oxygen atoms in total. The van der Waals surface area contributed by atoms with Crippen LogP contribution in [0.4, 0.5) is 4.79 Å². The summed E-state index contributed by atoms with van der Waals surface area (Å²) in [6.45, 7) is 3.77. The number of hydrogen-bond acceptors (Lipinski definition) is 3. The lowest BCUT2D eigenvalue weighted by Crippen LogP contribution is -2.48. The largest absolute Gasteiger partial charge is 0.341 e. The lowest BCUT2D eigenvalue weighted by Gasteiger charge is -2.24. The Morgan fingerprint density at radius 2 is 1.50 bits per heavy atom. The molecule has 0 radical (unpaired) electrons. The molecule has 3 amide bonds. The molecule has 0 unspecified atom stereocenters. The fourth-order valence-corrected chi connectivity index (χ4v) is 2.40. The predicted octanol–water partition coefficient (Wildman–Crippen LogP) is 2.52. The van der Waals surface area contributed by atoms with Crippen molar-refractivity contribution in [2.24, 2.45) is 0 Å². The molecule has 0 aliphatic carbocycles. The van der Waals surface area contributed by atoms with E-state index in [0.717, 1.165) is 11.1 Å². The zero-order valence-electron chi connectivity index (χ0n) is 14.2. The monoisotopic (exact) mass is 325 g/mol. The van der Waals surface area contributed by atoms with Crippen LogP contribution in [-0.4, -0.2) is 25.0 Å². The van der Waals surface area contributed by atoms with Gasteiger partial charge in [0.05, 0.1) is 12.1 Å². The summed E-state index contributed by atoms with van der Waals surface area (Å²) in [5.74, 6) is -0.373. The molecule has 2 rings (SSSR count). The van der Waals surface area contributed by atoms with E-state index in [-0.39, 0.29) is 11.9 Å². The summed E-state index contributed by atoms with van der Waals surface area (Å²) >= 11 is 0. The van der Waals surface area contributed by atoms with Crippen LogP contribution in [0.25, 0.3) is 0 Å². The normalized spacial score (nSPS) is 13.0. The van der Waals surface area contributed by atoms with Crippen molar-refractivity contribution in [3.63, 3.8) is 0 Å². The Morgan fingerprint density at radius 1 is 0.917 bits per heavy atom. The Balaban J connectivity index is 2.22. The number of amides is 3. The second kappa shape index (κ2) is 8.26. The molecule has 0 aromatic heterocycles. The molecule has 0 saturated carbocycles. The quantitative estimate of drug-likeness (QED) is 0.791. The van der Waals surface area contributed by atoms with E-state index in [4.69, 9.17) is 0 Å².